The van der Waals surface area contributed by atoms with Gasteiger partial charge in [0.2, 0.25) is 0 Å². The van der Waals surface area contributed by atoms with Crippen molar-refractivity contribution in [3.63, 3.8) is 0 Å². The standard InChI is InChI=1S/C12H23N.2C2H6/c1-10(2,3)13-11(4,5)8-9-12(13,6)7;2*1-2/h8-9H,1-7H3;2*1-2H3. The van der Waals surface area contributed by atoms with Gasteiger partial charge in [0, 0.05) is 16.6 Å². The van der Waals surface area contributed by atoms with Gasteiger partial charge in [-0.05, 0) is 48.5 Å². The monoisotopic (exact) mass is 241 g/mol. The van der Waals surface area contributed by atoms with Crippen molar-refractivity contribution in [2.75, 3.05) is 0 Å². The Kier molecular flexibility index (Phi) is 7.38. The van der Waals surface area contributed by atoms with Gasteiger partial charge in [0.25, 0.3) is 0 Å². The van der Waals surface area contributed by atoms with Gasteiger partial charge in [-0.15, -0.1) is 0 Å². The van der Waals surface area contributed by atoms with Crippen molar-refractivity contribution in [2.24, 2.45) is 0 Å². The SMILES string of the molecule is CC.CC.CC(C)(C)N1C(C)(C)C=CC1(C)C. The molecule has 0 aliphatic carbocycles. The molecule has 0 bridgehead atoms. The summed E-state index contributed by atoms with van der Waals surface area (Å²) in [5.41, 5.74) is 0.583. The maximum atomic E-state index is 2.56. The van der Waals surface area contributed by atoms with Gasteiger partial charge in [-0.1, -0.05) is 39.8 Å². The number of rotatable bonds is 0. The fourth-order valence-electron chi connectivity index (χ4n) is 3.03. The molecule has 0 aromatic rings. The topological polar surface area (TPSA) is 3.24 Å². The third-order valence-electron chi connectivity index (χ3n) is 2.72. The van der Waals surface area contributed by atoms with Gasteiger partial charge in [-0.2, -0.15) is 0 Å². The molecule has 0 saturated heterocycles. The molecule has 0 fully saturated rings. The molecule has 0 saturated carbocycles. The molecular weight excluding hydrogens is 206 g/mol. The van der Waals surface area contributed by atoms with Crippen molar-refractivity contribution >= 4 is 0 Å². The lowest BCUT2D eigenvalue weighted by Crippen LogP contribution is -2.58. The Balaban J connectivity index is 0. The maximum Gasteiger partial charge on any atom is 0.0349 e. The molecule has 0 radical (unpaired) electrons. The first-order chi connectivity index (χ1) is 7.57. The Morgan fingerprint density at radius 2 is 0.941 bits per heavy atom. The number of hydrogen-bond donors (Lipinski definition) is 0. The van der Waals surface area contributed by atoms with Crippen LogP contribution in [-0.2, 0) is 0 Å². The molecule has 0 N–H and O–H groups in total. The fraction of sp³-hybridized carbons (Fsp3) is 0.875. The molecule has 0 spiro atoms. The summed E-state index contributed by atoms with van der Waals surface area (Å²) in [4.78, 5) is 2.56. The first-order valence-corrected chi connectivity index (χ1v) is 7.08. The average molecular weight is 241 g/mol. The number of hydrogen-bond acceptors (Lipinski definition) is 1. The van der Waals surface area contributed by atoms with E-state index in [2.05, 4.69) is 65.5 Å². The highest BCUT2D eigenvalue weighted by atomic mass is 15.3. The quantitative estimate of drug-likeness (QED) is 0.522. The third-order valence-corrected chi connectivity index (χ3v) is 2.72. The second-order valence-electron chi connectivity index (χ2n) is 6.15. The van der Waals surface area contributed by atoms with Gasteiger partial charge < -0.3 is 0 Å². The Labute approximate surface area is 110 Å². The first-order valence-electron chi connectivity index (χ1n) is 7.08. The smallest absolute Gasteiger partial charge is 0.0349 e. The van der Waals surface area contributed by atoms with Crippen LogP contribution >= 0.6 is 0 Å². The minimum atomic E-state index is 0.182. The maximum absolute atomic E-state index is 2.56. The lowest BCUT2D eigenvalue weighted by molar-refractivity contribution is 0.00439. The third kappa shape index (κ3) is 4.83. The molecule has 1 aliphatic rings. The predicted octanol–water partition coefficient (Wildman–Crippen LogP) is 5.27. The second-order valence-corrected chi connectivity index (χ2v) is 6.15. The van der Waals surface area contributed by atoms with Crippen LogP contribution in [0.2, 0.25) is 0 Å². The average Bonchev–Trinajstić information content (AvgIpc) is 2.41. The predicted molar refractivity (Wildman–Crippen MR) is 81.6 cm³/mol. The van der Waals surface area contributed by atoms with Crippen LogP contribution in [-0.4, -0.2) is 21.5 Å². The van der Waals surface area contributed by atoms with Crippen LogP contribution < -0.4 is 0 Å². The van der Waals surface area contributed by atoms with E-state index < -0.39 is 0 Å². The van der Waals surface area contributed by atoms with Crippen LogP contribution in [0.1, 0.15) is 76.2 Å². The zero-order valence-electron chi connectivity index (χ0n) is 14.1. The highest BCUT2D eigenvalue weighted by Crippen LogP contribution is 2.40. The van der Waals surface area contributed by atoms with Crippen LogP contribution in [0.3, 0.4) is 0 Å². The summed E-state index contributed by atoms with van der Waals surface area (Å²) in [6.45, 7) is 24.0. The summed E-state index contributed by atoms with van der Waals surface area (Å²) in [6, 6.07) is 0. The summed E-state index contributed by atoms with van der Waals surface area (Å²) >= 11 is 0. The highest BCUT2D eigenvalue weighted by Gasteiger charge is 2.45. The van der Waals surface area contributed by atoms with Crippen LogP contribution in [0.5, 0.6) is 0 Å². The summed E-state index contributed by atoms with van der Waals surface area (Å²) in [6.07, 6.45) is 4.64. The molecule has 1 aliphatic heterocycles. The van der Waals surface area contributed by atoms with Gasteiger partial charge >= 0.3 is 0 Å². The Hall–Kier alpha value is -0.300. The van der Waals surface area contributed by atoms with Crippen LogP contribution in [0, 0.1) is 0 Å². The molecule has 0 atom stereocenters. The molecule has 0 amide bonds. The van der Waals surface area contributed by atoms with E-state index in [1.807, 2.05) is 27.7 Å². The lowest BCUT2D eigenvalue weighted by Gasteiger charge is -2.49. The molecule has 1 heteroatoms. The molecule has 0 unspecified atom stereocenters. The van der Waals surface area contributed by atoms with Crippen molar-refractivity contribution in [3.05, 3.63) is 12.2 Å². The van der Waals surface area contributed by atoms with Crippen molar-refractivity contribution in [1.29, 1.82) is 0 Å². The summed E-state index contributed by atoms with van der Waals surface area (Å²) < 4.78 is 0. The largest absolute Gasteiger partial charge is 0.281 e. The van der Waals surface area contributed by atoms with E-state index in [9.17, 15) is 0 Å². The van der Waals surface area contributed by atoms with Gasteiger partial charge in [0.05, 0.1) is 0 Å². The van der Waals surface area contributed by atoms with E-state index in [0.29, 0.717) is 0 Å². The Morgan fingerprint density at radius 3 is 1.06 bits per heavy atom. The van der Waals surface area contributed by atoms with Gasteiger partial charge in [-0.3, -0.25) is 4.90 Å². The summed E-state index contributed by atoms with van der Waals surface area (Å²) in [5.74, 6) is 0. The minimum Gasteiger partial charge on any atom is -0.281 e. The van der Waals surface area contributed by atoms with Crippen LogP contribution in [0.25, 0.3) is 0 Å². The molecule has 1 rings (SSSR count). The molecule has 1 heterocycles. The highest BCUT2D eigenvalue weighted by molar-refractivity contribution is 5.23. The fourth-order valence-corrected chi connectivity index (χ4v) is 3.03. The lowest BCUT2D eigenvalue weighted by atomic mass is 9.92. The Morgan fingerprint density at radius 1 is 0.706 bits per heavy atom. The summed E-state index contributed by atoms with van der Waals surface area (Å²) in [7, 11) is 0. The first kappa shape index (κ1) is 19.0. The van der Waals surface area contributed by atoms with Crippen LogP contribution in [0.15, 0.2) is 12.2 Å². The van der Waals surface area contributed by atoms with E-state index in [1.54, 1.807) is 0 Å². The van der Waals surface area contributed by atoms with Gasteiger partial charge in [-0.25, -0.2) is 0 Å². The normalized spacial score (nSPS) is 21.1. The van der Waals surface area contributed by atoms with Crippen molar-refractivity contribution in [1.82, 2.24) is 4.90 Å². The van der Waals surface area contributed by atoms with Crippen molar-refractivity contribution < 1.29 is 0 Å². The van der Waals surface area contributed by atoms with Crippen molar-refractivity contribution in [3.8, 4) is 0 Å². The molecule has 1 nitrogen and oxygen atoms in total. The van der Waals surface area contributed by atoms with E-state index in [4.69, 9.17) is 0 Å². The van der Waals surface area contributed by atoms with Gasteiger partial charge in [0.15, 0.2) is 0 Å². The van der Waals surface area contributed by atoms with Crippen molar-refractivity contribution in [2.45, 2.75) is 92.8 Å². The zero-order chi connectivity index (χ0) is 14.5. The van der Waals surface area contributed by atoms with E-state index >= 15 is 0 Å². The Bertz CT molecular complexity index is 210. The molecule has 17 heavy (non-hydrogen) atoms. The summed E-state index contributed by atoms with van der Waals surface area (Å²) in [5, 5.41) is 0. The van der Waals surface area contributed by atoms with E-state index in [-0.39, 0.29) is 16.6 Å². The minimum absolute atomic E-state index is 0.182. The molecule has 104 valence electrons. The van der Waals surface area contributed by atoms with E-state index in [1.165, 1.54) is 0 Å². The van der Waals surface area contributed by atoms with Gasteiger partial charge in [0.1, 0.15) is 0 Å². The zero-order valence-corrected chi connectivity index (χ0v) is 14.1. The molecular formula is C16H35N. The van der Waals surface area contributed by atoms with Crippen LogP contribution in [0.4, 0.5) is 0 Å². The molecule has 0 aromatic heterocycles. The molecule has 0 aromatic carbocycles. The van der Waals surface area contributed by atoms with E-state index in [0.717, 1.165) is 0 Å². The second kappa shape index (κ2) is 6.58. The number of nitrogens with zero attached hydrogens (tertiary/aromatic N) is 1.